The molecule has 3 aromatic rings. The van der Waals surface area contributed by atoms with E-state index in [-0.39, 0.29) is 6.61 Å². The van der Waals surface area contributed by atoms with Gasteiger partial charge in [0, 0.05) is 12.6 Å². The molecule has 0 aliphatic rings. The van der Waals surface area contributed by atoms with E-state index in [1.165, 1.54) is 6.92 Å². The van der Waals surface area contributed by atoms with Crippen LogP contribution in [0.5, 0.6) is 11.5 Å². The summed E-state index contributed by atoms with van der Waals surface area (Å²) in [6, 6.07) is 13.3. The molecule has 0 saturated carbocycles. The van der Waals surface area contributed by atoms with Crippen LogP contribution in [-0.4, -0.2) is 34.7 Å². The third-order valence-electron chi connectivity index (χ3n) is 4.11. The van der Waals surface area contributed by atoms with Crippen molar-refractivity contribution in [1.82, 2.24) is 10.1 Å². The highest BCUT2D eigenvalue weighted by Gasteiger charge is 2.19. The van der Waals surface area contributed by atoms with Crippen LogP contribution in [0.3, 0.4) is 0 Å². The van der Waals surface area contributed by atoms with Gasteiger partial charge in [0.05, 0.1) is 12.2 Å². The first-order valence-corrected chi connectivity index (χ1v) is 9.71. The molecule has 1 aromatic heterocycles. The molecule has 1 amide bonds. The summed E-state index contributed by atoms with van der Waals surface area (Å²) < 4.78 is 21.0. The van der Waals surface area contributed by atoms with Gasteiger partial charge in [0.25, 0.3) is 5.91 Å². The molecule has 0 saturated heterocycles. The van der Waals surface area contributed by atoms with Crippen molar-refractivity contribution in [2.45, 2.75) is 33.5 Å². The highest BCUT2D eigenvalue weighted by molar-refractivity contribution is 5.97. The minimum atomic E-state index is -0.975. The van der Waals surface area contributed by atoms with Gasteiger partial charge >= 0.3 is 5.97 Å². The third-order valence-corrected chi connectivity index (χ3v) is 4.11. The smallest absolute Gasteiger partial charge is 0.338 e. The molecule has 9 nitrogen and oxygen atoms in total. The molecule has 2 aromatic carbocycles. The SMILES string of the molecule is CCOc1ccc(NC(=O)C(C)OC(=O)c2ccc(OCc3noc(C)n3)cc2)cc1. The first kappa shape index (κ1) is 21.8. The molecule has 0 aliphatic heterocycles. The second-order valence-electron chi connectivity index (χ2n) is 6.54. The summed E-state index contributed by atoms with van der Waals surface area (Å²) in [7, 11) is 0. The highest BCUT2D eigenvalue weighted by atomic mass is 16.5. The summed E-state index contributed by atoms with van der Waals surface area (Å²) in [6.45, 7) is 5.79. The standard InChI is InChI=1S/C22H23N3O6/c1-4-28-18-11-7-17(8-12-18)24-21(26)14(2)30-22(27)16-5-9-19(10-6-16)29-13-20-23-15(3)31-25-20/h5-12,14H,4,13H2,1-3H3,(H,24,26). The number of aryl methyl sites for hydroxylation is 1. The Kier molecular flexibility index (Phi) is 7.21. The molecule has 1 heterocycles. The number of benzene rings is 2. The van der Waals surface area contributed by atoms with Crippen molar-refractivity contribution in [3.05, 3.63) is 65.8 Å². The number of rotatable bonds is 9. The highest BCUT2D eigenvalue weighted by Crippen LogP contribution is 2.17. The van der Waals surface area contributed by atoms with Crippen molar-refractivity contribution in [2.24, 2.45) is 0 Å². The van der Waals surface area contributed by atoms with Gasteiger partial charge in [-0.2, -0.15) is 4.98 Å². The number of hydrogen-bond acceptors (Lipinski definition) is 8. The van der Waals surface area contributed by atoms with Gasteiger partial charge in [-0.25, -0.2) is 4.79 Å². The van der Waals surface area contributed by atoms with E-state index < -0.39 is 18.0 Å². The lowest BCUT2D eigenvalue weighted by Crippen LogP contribution is -2.30. The largest absolute Gasteiger partial charge is 0.494 e. The number of esters is 1. The summed E-state index contributed by atoms with van der Waals surface area (Å²) >= 11 is 0. The van der Waals surface area contributed by atoms with Crippen molar-refractivity contribution in [3.8, 4) is 11.5 Å². The predicted molar refractivity (Wildman–Crippen MR) is 111 cm³/mol. The number of carbonyl (C=O) groups excluding carboxylic acids is 2. The van der Waals surface area contributed by atoms with Crippen molar-refractivity contribution < 1.29 is 28.3 Å². The van der Waals surface area contributed by atoms with Crippen molar-refractivity contribution in [3.63, 3.8) is 0 Å². The van der Waals surface area contributed by atoms with E-state index >= 15 is 0 Å². The van der Waals surface area contributed by atoms with Gasteiger partial charge < -0.3 is 24.1 Å². The van der Waals surface area contributed by atoms with Gasteiger partial charge in [-0.15, -0.1) is 0 Å². The van der Waals surface area contributed by atoms with Crippen molar-refractivity contribution in [2.75, 3.05) is 11.9 Å². The maximum atomic E-state index is 12.3. The maximum Gasteiger partial charge on any atom is 0.338 e. The van der Waals surface area contributed by atoms with Crippen LogP contribution < -0.4 is 14.8 Å². The van der Waals surface area contributed by atoms with Gasteiger partial charge in [-0.1, -0.05) is 5.16 Å². The van der Waals surface area contributed by atoms with Crippen LogP contribution in [0, 0.1) is 6.92 Å². The number of aromatic nitrogens is 2. The Bertz CT molecular complexity index is 1010. The molecule has 1 N–H and O–H groups in total. The molecule has 0 spiro atoms. The second-order valence-corrected chi connectivity index (χ2v) is 6.54. The Labute approximate surface area is 179 Å². The van der Waals surface area contributed by atoms with Crippen molar-refractivity contribution >= 4 is 17.6 Å². The second kappa shape index (κ2) is 10.2. The average Bonchev–Trinajstić information content (AvgIpc) is 3.19. The van der Waals surface area contributed by atoms with E-state index in [1.54, 1.807) is 55.5 Å². The number of carbonyl (C=O) groups is 2. The van der Waals surface area contributed by atoms with Gasteiger partial charge in [-0.3, -0.25) is 4.79 Å². The number of ether oxygens (including phenoxy) is 3. The number of anilines is 1. The molecule has 0 radical (unpaired) electrons. The van der Waals surface area contributed by atoms with Crippen LogP contribution in [0.2, 0.25) is 0 Å². The molecule has 1 atom stereocenters. The molecule has 31 heavy (non-hydrogen) atoms. The van der Waals surface area contributed by atoms with Gasteiger partial charge in [0.15, 0.2) is 12.7 Å². The number of hydrogen-bond donors (Lipinski definition) is 1. The molecule has 0 fully saturated rings. The van der Waals surface area contributed by atoms with Crippen LogP contribution in [0.1, 0.15) is 35.9 Å². The van der Waals surface area contributed by atoms with E-state index in [1.807, 2.05) is 6.92 Å². The van der Waals surface area contributed by atoms with E-state index in [9.17, 15) is 9.59 Å². The Balaban J connectivity index is 1.49. The summed E-state index contributed by atoms with van der Waals surface area (Å²) in [4.78, 5) is 28.7. The molecular weight excluding hydrogens is 402 g/mol. The predicted octanol–water partition coefficient (Wildman–Crippen LogP) is 3.54. The molecule has 0 bridgehead atoms. The monoisotopic (exact) mass is 425 g/mol. The Morgan fingerprint density at radius 1 is 1.03 bits per heavy atom. The van der Waals surface area contributed by atoms with Crippen LogP contribution >= 0.6 is 0 Å². The number of amides is 1. The van der Waals surface area contributed by atoms with Crippen LogP contribution in [0.4, 0.5) is 5.69 Å². The zero-order valence-electron chi connectivity index (χ0n) is 17.5. The average molecular weight is 425 g/mol. The lowest BCUT2D eigenvalue weighted by Gasteiger charge is -2.14. The van der Waals surface area contributed by atoms with E-state index in [0.717, 1.165) is 0 Å². The Morgan fingerprint density at radius 3 is 2.29 bits per heavy atom. The van der Waals surface area contributed by atoms with Crippen LogP contribution in [-0.2, 0) is 16.1 Å². The third kappa shape index (κ3) is 6.30. The zero-order valence-corrected chi connectivity index (χ0v) is 17.5. The first-order valence-electron chi connectivity index (χ1n) is 9.71. The topological polar surface area (TPSA) is 113 Å². The quantitative estimate of drug-likeness (QED) is 0.518. The normalized spacial score (nSPS) is 11.5. The fourth-order valence-electron chi connectivity index (χ4n) is 2.56. The number of nitrogens with one attached hydrogen (secondary N) is 1. The van der Waals surface area contributed by atoms with E-state index in [2.05, 4.69) is 15.5 Å². The van der Waals surface area contributed by atoms with Crippen molar-refractivity contribution in [1.29, 1.82) is 0 Å². The van der Waals surface area contributed by atoms with Gasteiger partial charge in [-0.05, 0) is 62.4 Å². The zero-order chi connectivity index (χ0) is 22.2. The molecule has 162 valence electrons. The molecule has 3 rings (SSSR count). The minimum absolute atomic E-state index is 0.143. The first-order chi connectivity index (χ1) is 14.9. The molecule has 9 heteroatoms. The summed E-state index contributed by atoms with van der Waals surface area (Å²) in [6.07, 6.45) is -0.975. The lowest BCUT2D eigenvalue weighted by atomic mass is 10.2. The van der Waals surface area contributed by atoms with Gasteiger partial charge in [0.2, 0.25) is 11.7 Å². The Morgan fingerprint density at radius 2 is 1.68 bits per heavy atom. The maximum absolute atomic E-state index is 12.3. The summed E-state index contributed by atoms with van der Waals surface area (Å²) in [5, 5.41) is 6.44. The summed E-state index contributed by atoms with van der Waals surface area (Å²) in [5.41, 5.74) is 0.873. The fourth-order valence-corrected chi connectivity index (χ4v) is 2.56. The molecular formula is C22H23N3O6. The molecule has 1 unspecified atom stereocenters. The van der Waals surface area contributed by atoms with E-state index in [0.29, 0.717) is 41.1 Å². The van der Waals surface area contributed by atoms with E-state index in [4.69, 9.17) is 18.7 Å². The summed E-state index contributed by atoms with van der Waals surface area (Å²) in [5.74, 6) is 1.06. The van der Waals surface area contributed by atoms with Crippen LogP contribution in [0.25, 0.3) is 0 Å². The fraction of sp³-hybridized carbons (Fsp3) is 0.273. The van der Waals surface area contributed by atoms with Gasteiger partial charge in [0.1, 0.15) is 11.5 Å². The Hall–Kier alpha value is -3.88. The number of nitrogens with zero attached hydrogens (tertiary/aromatic N) is 2. The lowest BCUT2D eigenvalue weighted by molar-refractivity contribution is -0.123. The molecule has 0 aliphatic carbocycles. The minimum Gasteiger partial charge on any atom is -0.494 e. The van der Waals surface area contributed by atoms with Crippen LogP contribution in [0.15, 0.2) is 53.1 Å².